The maximum atomic E-state index is 13.0. The zero-order chi connectivity index (χ0) is 22.7. The summed E-state index contributed by atoms with van der Waals surface area (Å²) in [6.07, 6.45) is 4.00. The Morgan fingerprint density at radius 3 is 2.33 bits per heavy atom. The first-order valence-corrected chi connectivity index (χ1v) is 10.8. The minimum atomic E-state index is -1.16. The van der Waals surface area contributed by atoms with Gasteiger partial charge in [0.15, 0.2) is 0 Å². The summed E-state index contributed by atoms with van der Waals surface area (Å²) >= 11 is 0. The van der Waals surface area contributed by atoms with Crippen LogP contribution in [0.3, 0.4) is 0 Å². The van der Waals surface area contributed by atoms with E-state index in [2.05, 4.69) is 21.3 Å². The second-order valence-electron chi connectivity index (χ2n) is 7.93. The number of hydrogen-bond donors (Lipinski definition) is 6. The minimum absolute atomic E-state index is 0.216. The van der Waals surface area contributed by atoms with Crippen molar-refractivity contribution in [1.82, 2.24) is 21.3 Å². The molecule has 0 aromatic rings. The predicted octanol–water partition coefficient (Wildman–Crippen LogP) is -0.528. The van der Waals surface area contributed by atoms with E-state index in [-0.39, 0.29) is 17.9 Å². The number of unbranched alkanes of at least 4 members (excludes halogenated alkanes) is 1. The van der Waals surface area contributed by atoms with E-state index >= 15 is 0 Å². The summed E-state index contributed by atoms with van der Waals surface area (Å²) in [5, 5.41) is 20.1. The van der Waals surface area contributed by atoms with Crippen molar-refractivity contribution in [2.75, 3.05) is 13.1 Å². The molecule has 0 saturated carbocycles. The molecule has 0 aliphatic carbocycles. The van der Waals surface area contributed by atoms with Gasteiger partial charge in [0.1, 0.15) is 18.1 Å². The van der Waals surface area contributed by atoms with Gasteiger partial charge in [-0.05, 0) is 58.0 Å². The third-order valence-corrected chi connectivity index (χ3v) is 5.48. The molecule has 1 aliphatic heterocycles. The van der Waals surface area contributed by atoms with Gasteiger partial charge in [-0.25, -0.2) is 0 Å². The van der Waals surface area contributed by atoms with Crippen LogP contribution >= 0.6 is 0 Å². The van der Waals surface area contributed by atoms with Gasteiger partial charge in [-0.2, -0.15) is 0 Å². The molecule has 0 aromatic heterocycles. The summed E-state index contributed by atoms with van der Waals surface area (Å²) in [4.78, 5) is 49.1. The van der Waals surface area contributed by atoms with Crippen molar-refractivity contribution in [2.24, 2.45) is 11.7 Å². The standard InChI is InChI=1S/C20H37N5O5/c1-4-12(2)16(19(28)23-13(3)20(29)30)25-18(27)15(8-5-6-10-21)24-17(26)14-9-7-11-22-14/h12-16,22H,4-11,21H2,1-3H3,(H,23,28)(H,24,26)(H,25,27)(H,29,30). The Bertz CT molecular complexity index is 594. The van der Waals surface area contributed by atoms with Gasteiger partial charge in [0.05, 0.1) is 6.04 Å². The zero-order valence-corrected chi connectivity index (χ0v) is 18.2. The molecule has 0 radical (unpaired) electrons. The van der Waals surface area contributed by atoms with Crippen LogP contribution in [0.5, 0.6) is 0 Å². The molecule has 172 valence electrons. The van der Waals surface area contributed by atoms with Crippen molar-refractivity contribution in [1.29, 1.82) is 0 Å². The van der Waals surface area contributed by atoms with Gasteiger partial charge in [-0.15, -0.1) is 0 Å². The summed E-state index contributed by atoms with van der Waals surface area (Å²) in [7, 11) is 0. The van der Waals surface area contributed by atoms with E-state index in [1.165, 1.54) is 6.92 Å². The lowest BCUT2D eigenvalue weighted by atomic mass is 9.97. The molecule has 1 heterocycles. The van der Waals surface area contributed by atoms with E-state index in [9.17, 15) is 19.2 Å². The van der Waals surface area contributed by atoms with Crippen LogP contribution < -0.4 is 27.0 Å². The van der Waals surface area contributed by atoms with E-state index in [4.69, 9.17) is 10.8 Å². The molecular formula is C20H37N5O5. The van der Waals surface area contributed by atoms with Gasteiger partial charge in [-0.3, -0.25) is 19.2 Å². The molecule has 1 fully saturated rings. The summed E-state index contributed by atoms with van der Waals surface area (Å²) in [5.41, 5.74) is 5.54. The molecule has 0 bridgehead atoms. The normalized spacial score (nSPS) is 19.9. The molecule has 1 aliphatic rings. The summed E-state index contributed by atoms with van der Waals surface area (Å²) in [5.74, 6) is -2.62. The number of amides is 3. The first kappa shape index (κ1) is 25.8. The van der Waals surface area contributed by atoms with E-state index in [0.29, 0.717) is 38.6 Å². The molecule has 1 rings (SSSR count). The van der Waals surface area contributed by atoms with Crippen molar-refractivity contribution >= 4 is 23.7 Å². The van der Waals surface area contributed by atoms with Gasteiger partial charge < -0.3 is 32.1 Å². The maximum absolute atomic E-state index is 13.0. The van der Waals surface area contributed by atoms with Gasteiger partial charge >= 0.3 is 5.97 Å². The van der Waals surface area contributed by atoms with E-state index in [1.807, 2.05) is 6.92 Å². The van der Waals surface area contributed by atoms with Crippen molar-refractivity contribution < 1.29 is 24.3 Å². The quantitative estimate of drug-likeness (QED) is 0.215. The Balaban J connectivity index is 2.86. The van der Waals surface area contributed by atoms with Crippen molar-refractivity contribution in [2.45, 2.75) is 83.5 Å². The molecular weight excluding hydrogens is 390 g/mol. The lowest BCUT2D eigenvalue weighted by molar-refractivity contribution is -0.142. The SMILES string of the molecule is CCC(C)C(NC(=O)C(CCCCN)NC(=O)C1CCCN1)C(=O)NC(C)C(=O)O. The Kier molecular flexibility index (Phi) is 11.3. The van der Waals surface area contributed by atoms with Gasteiger partial charge in [0.2, 0.25) is 17.7 Å². The van der Waals surface area contributed by atoms with Crippen LogP contribution in [0.25, 0.3) is 0 Å². The number of carboxylic acid groups (broad SMARTS) is 1. The summed E-state index contributed by atoms with van der Waals surface area (Å²) in [6, 6.07) is -3.08. The molecule has 5 atom stereocenters. The lowest BCUT2D eigenvalue weighted by Crippen LogP contribution is -2.58. The van der Waals surface area contributed by atoms with Crippen LogP contribution in [0.4, 0.5) is 0 Å². The van der Waals surface area contributed by atoms with Gasteiger partial charge in [0, 0.05) is 0 Å². The fraction of sp³-hybridized carbons (Fsp3) is 0.800. The second kappa shape index (κ2) is 13.2. The molecule has 3 amide bonds. The third-order valence-electron chi connectivity index (χ3n) is 5.48. The summed E-state index contributed by atoms with van der Waals surface area (Å²) < 4.78 is 0. The molecule has 0 spiro atoms. The average molecular weight is 428 g/mol. The van der Waals surface area contributed by atoms with Crippen LogP contribution in [0.2, 0.25) is 0 Å². The first-order chi connectivity index (χ1) is 14.2. The number of carbonyl (C=O) groups is 4. The van der Waals surface area contributed by atoms with Crippen molar-refractivity contribution in [3.8, 4) is 0 Å². The molecule has 5 unspecified atom stereocenters. The first-order valence-electron chi connectivity index (χ1n) is 10.8. The lowest BCUT2D eigenvalue weighted by Gasteiger charge is -2.27. The smallest absolute Gasteiger partial charge is 0.325 e. The number of carboxylic acids is 1. The highest BCUT2D eigenvalue weighted by Gasteiger charge is 2.32. The fourth-order valence-corrected chi connectivity index (χ4v) is 3.26. The van der Waals surface area contributed by atoms with E-state index in [1.54, 1.807) is 6.92 Å². The Hall–Kier alpha value is -2.20. The molecule has 30 heavy (non-hydrogen) atoms. The van der Waals surface area contributed by atoms with Crippen LogP contribution in [0.1, 0.15) is 59.3 Å². The molecule has 1 saturated heterocycles. The largest absolute Gasteiger partial charge is 0.480 e. The highest BCUT2D eigenvalue weighted by molar-refractivity contribution is 5.94. The predicted molar refractivity (Wildman–Crippen MR) is 112 cm³/mol. The highest BCUT2D eigenvalue weighted by Crippen LogP contribution is 2.11. The number of nitrogens with two attached hydrogens (primary N) is 1. The van der Waals surface area contributed by atoms with Crippen molar-refractivity contribution in [3.63, 3.8) is 0 Å². The molecule has 10 nitrogen and oxygen atoms in total. The topological polar surface area (TPSA) is 163 Å². The fourth-order valence-electron chi connectivity index (χ4n) is 3.26. The molecule has 7 N–H and O–H groups in total. The van der Waals surface area contributed by atoms with Crippen LogP contribution in [-0.2, 0) is 19.2 Å². The van der Waals surface area contributed by atoms with E-state index in [0.717, 1.165) is 13.0 Å². The van der Waals surface area contributed by atoms with Gasteiger partial charge in [0.25, 0.3) is 0 Å². The zero-order valence-electron chi connectivity index (χ0n) is 18.2. The number of nitrogens with one attached hydrogen (secondary N) is 4. The number of rotatable bonds is 13. The highest BCUT2D eigenvalue weighted by atomic mass is 16.4. The number of carbonyl (C=O) groups excluding carboxylic acids is 3. The second-order valence-corrected chi connectivity index (χ2v) is 7.93. The van der Waals surface area contributed by atoms with Crippen LogP contribution in [0, 0.1) is 5.92 Å². The Morgan fingerprint density at radius 1 is 1.10 bits per heavy atom. The van der Waals surface area contributed by atoms with Gasteiger partial charge in [-0.1, -0.05) is 20.3 Å². The minimum Gasteiger partial charge on any atom is -0.480 e. The third kappa shape index (κ3) is 8.27. The maximum Gasteiger partial charge on any atom is 0.325 e. The van der Waals surface area contributed by atoms with Crippen LogP contribution in [0.15, 0.2) is 0 Å². The Morgan fingerprint density at radius 2 is 1.80 bits per heavy atom. The Labute approximate surface area is 178 Å². The monoisotopic (exact) mass is 427 g/mol. The average Bonchev–Trinajstić information content (AvgIpc) is 3.25. The summed E-state index contributed by atoms with van der Waals surface area (Å²) in [6.45, 7) is 6.29. The van der Waals surface area contributed by atoms with Crippen LogP contribution in [-0.4, -0.2) is 66.1 Å². The number of aliphatic carboxylic acids is 1. The van der Waals surface area contributed by atoms with E-state index < -0.39 is 35.9 Å². The molecule has 10 heteroatoms. The molecule has 0 aromatic carbocycles. The number of hydrogen-bond acceptors (Lipinski definition) is 6. The van der Waals surface area contributed by atoms with Crippen molar-refractivity contribution in [3.05, 3.63) is 0 Å².